The quantitative estimate of drug-likeness (QED) is 0.220. The monoisotopic (exact) mass is 490 g/mol. The molecule has 0 aliphatic carbocycles. The van der Waals surface area contributed by atoms with E-state index in [9.17, 15) is 19.2 Å². The highest BCUT2D eigenvalue weighted by atomic mass is 32.2. The van der Waals surface area contributed by atoms with E-state index in [1.165, 1.54) is 43.1 Å². The van der Waals surface area contributed by atoms with Gasteiger partial charge in [0.25, 0.3) is 0 Å². The summed E-state index contributed by atoms with van der Waals surface area (Å²) in [7, 11) is 1.53. The molecular formula is C26H22N2O6S. The Labute approximate surface area is 206 Å². The Morgan fingerprint density at radius 3 is 2.34 bits per heavy atom. The standard InChI is InChI=1S/C26H22N2O6S/c1-33-20-11-7-16(8-12-20)22(29)15-34-26(32)17-5-9-19(10-6-17)28-24(30)14-23(25(28)31)35-21-4-2-3-18(27)13-21/h2-13,23H,14-15,27H2,1H3/t23-/m0/s1. The molecule has 2 amide bonds. The molecule has 0 aromatic heterocycles. The van der Waals surface area contributed by atoms with Crippen molar-refractivity contribution in [2.75, 3.05) is 24.4 Å². The van der Waals surface area contributed by atoms with E-state index in [1.807, 2.05) is 6.07 Å². The Kier molecular flexibility index (Phi) is 7.17. The maximum atomic E-state index is 12.9. The Bertz CT molecular complexity index is 1270. The van der Waals surface area contributed by atoms with E-state index < -0.39 is 17.8 Å². The minimum absolute atomic E-state index is 0.0650. The van der Waals surface area contributed by atoms with Gasteiger partial charge in [-0.3, -0.25) is 14.4 Å². The molecule has 9 heteroatoms. The second-order valence-electron chi connectivity index (χ2n) is 7.73. The van der Waals surface area contributed by atoms with Gasteiger partial charge in [-0.05, 0) is 66.7 Å². The van der Waals surface area contributed by atoms with Crippen LogP contribution in [-0.2, 0) is 14.3 Å². The number of anilines is 2. The minimum Gasteiger partial charge on any atom is -0.497 e. The molecule has 0 saturated carbocycles. The van der Waals surface area contributed by atoms with Crippen LogP contribution in [0.1, 0.15) is 27.1 Å². The van der Waals surface area contributed by atoms with Crippen LogP contribution in [0.4, 0.5) is 11.4 Å². The molecule has 2 N–H and O–H groups in total. The Morgan fingerprint density at radius 1 is 1.00 bits per heavy atom. The van der Waals surface area contributed by atoms with Gasteiger partial charge in [0.15, 0.2) is 12.4 Å². The first-order chi connectivity index (χ1) is 16.9. The van der Waals surface area contributed by atoms with E-state index >= 15 is 0 Å². The van der Waals surface area contributed by atoms with Crippen LogP contribution >= 0.6 is 11.8 Å². The van der Waals surface area contributed by atoms with Crippen LogP contribution in [0.5, 0.6) is 5.75 Å². The fourth-order valence-electron chi connectivity index (χ4n) is 3.54. The number of benzene rings is 3. The van der Waals surface area contributed by atoms with Gasteiger partial charge in [0.05, 0.1) is 23.6 Å². The average Bonchev–Trinajstić information content (AvgIpc) is 3.14. The van der Waals surface area contributed by atoms with Gasteiger partial charge >= 0.3 is 5.97 Å². The molecule has 1 aliphatic rings. The van der Waals surface area contributed by atoms with Gasteiger partial charge in [-0.25, -0.2) is 9.69 Å². The number of amides is 2. The lowest BCUT2D eigenvalue weighted by Gasteiger charge is -2.15. The highest BCUT2D eigenvalue weighted by Gasteiger charge is 2.40. The molecule has 4 rings (SSSR count). The van der Waals surface area contributed by atoms with Gasteiger partial charge in [0.2, 0.25) is 11.8 Å². The van der Waals surface area contributed by atoms with E-state index in [4.69, 9.17) is 15.2 Å². The molecule has 3 aromatic rings. The Hall–Kier alpha value is -4.11. The van der Waals surface area contributed by atoms with Crippen molar-refractivity contribution in [1.82, 2.24) is 0 Å². The molecule has 8 nitrogen and oxygen atoms in total. The van der Waals surface area contributed by atoms with Crippen molar-refractivity contribution >= 4 is 46.7 Å². The maximum absolute atomic E-state index is 12.9. The first kappa shape index (κ1) is 24.0. The van der Waals surface area contributed by atoms with E-state index in [0.29, 0.717) is 22.7 Å². The first-order valence-electron chi connectivity index (χ1n) is 10.7. The number of esters is 1. The summed E-state index contributed by atoms with van der Waals surface area (Å²) in [5.74, 6) is -1.08. The highest BCUT2D eigenvalue weighted by molar-refractivity contribution is 8.00. The van der Waals surface area contributed by atoms with Gasteiger partial charge in [0, 0.05) is 22.6 Å². The molecule has 1 atom stereocenters. The number of ketones is 1. The third-order valence-corrected chi connectivity index (χ3v) is 6.53. The fraction of sp³-hybridized carbons (Fsp3) is 0.154. The first-order valence-corrected chi connectivity index (χ1v) is 11.6. The van der Waals surface area contributed by atoms with E-state index in [2.05, 4.69) is 0 Å². The van der Waals surface area contributed by atoms with E-state index in [1.54, 1.807) is 42.5 Å². The summed E-state index contributed by atoms with van der Waals surface area (Å²) < 4.78 is 10.2. The number of ether oxygens (including phenoxy) is 2. The van der Waals surface area contributed by atoms with Crippen molar-refractivity contribution in [3.05, 3.63) is 83.9 Å². The number of hydrogen-bond acceptors (Lipinski definition) is 8. The van der Waals surface area contributed by atoms with Gasteiger partial charge in [0.1, 0.15) is 5.75 Å². The third kappa shape index (κ3) is 5.52. The SMILES string of the molecule is COc1ccc(C(=O)COC(=O)c2ccc(N3C(=O)C[C@H](Sc4cccc(N)c4)C3=O)cc2)cc1. The molecule has 3 aromatic carbocycles. The summed E-state index contributed by atoms with van der Waals surface area (Å²) >= 11 is 1.29. The maximum Gasteiger partial charge on any atom is 0.338 e. The lowest BCUT2D eigenvalue weighted by atomic mass is 10.1. The van der Waals surface area contributed by atoms with E-state index in [0.717, 1.165) is 9.80 Å². The molecule has 0 unspecified atom stereocenters. The zero-order chi connectivity index (χ0) is 24.9. The molecule has 1 saturated heterocycles. The number of carbonyl (C=O) groups excluding carboxylic acids is 4. The van der Waals surface area contributed by atoms with Crippen LogP contribution < -0.4 is 15.4 Å². The molecule has 35 heavy (non-hydrogen) atoms. The second kappa shape index (κ2) is 10.4. The molecular weight excluding hydrogens is 468 g/mol. The summed E-state index contributed by atoms with van der Waals surface area (Å²) in [5, 5.41) is -0.557. The van der Waals surface area contributed by atoms with Crippen molar-refractivity contribution in [2.45, 2.75) is 16.6 Å². The van der Waals surface area contributed by atoms with E-state index in [-0.39, 0.29) is 29.6 Å². The molecule has 0 bridgehead atoms. The van der Waals surface area contributed by atoms with Gasteiger partial charge in [-0.1, -0.05) is 6.07 Å². The van der Waals surface area contributed by atoms with Crippen LogP contribution in [0.3, 0.4) is 0 Å². The largest absolute Gasteiger partial charge is 0.497 e. The number of methoxy groups -OCH3 is 1. The highest BCUT2D eigenvalue weighted by Crippen LogP contribution is 2.34. The van der Waals surface area contributed by atoms with Gasteiger partial charge < -0.3 is 15.2 Å². The number of carbonyl (C=O) groups is 4. The summed E-state index contributed by atoms with van der Waals surface area (Å²) in [6.45, 7) is -0.418. The normalized spacial score (nSPS) is 15.2. The fourth-order valence-corrected chi connectivity index (χ4v) is 4.66. The predicted molar refractivity (Wildman–Crippen MR) is 132 cm³/mol. The van der Waals surface area contributed by atoms with Crippen LogP contribution in [0.25, 0.3) is 0 Å². The number of nitrogen functional groups attached to an aromatic ring is 1. The number of hydrogen-bond donors (Lipinski definition) is 1. The summed E-state index contributed by atoms with van der Waals surface area (Å²) in [6.07, 6.45) is 0.0650. The number of nitrogens with zero attached hydrogens (tertiary/aromatic N) is 1. The average molecular weight is 491 g/mol. The number of Topliss-reactive ketones (excluding diaryl/α,β-unsaturated/α-hetero) is 1. The van der Waals surface area contributed by atoms with Gasteiger partial charge in [-0.2, -0.15) is 0 Å². The van der Waals surface area contributed by atoms with Crippen molar-refractivity contribution in [1.29, 1.82) is 0 Å². The molecule has 1 fully saturated rings. The lowest BCUT2D eigenvalue weighted by Crippen LogP contribution is -2.31. The van der Waals surface area contributed by atoms with Crippen molar-refractivity contribution in [2.24, 2.45) is 0 Å². The third-order valence-electron chi connectivity index (χ3n) is 5.35. The molecule has 0 spiro atoms. The van der Waals surface area contributed by atoms with Crippen molar-refractivity contribution in [3.63, 3.8) is 0 Å². The molecule has 1 aliphatic heterocycles. The Morgan fingerprint density at radius 2 is 1.69 bits per heavy atom. The smallest absolute Gasteiger partial charge is 0.338 e. The summed E-state index contributed by atoms with van der Waals surface area (Å²) in [4.78, 5) is 52.0. The number of rotatable bonds is 8. The minimum atomic E-state index is -0.687. The molecule has 0 radical (unpaired) electrons. The van der Waals surface area contributed by atoms with Gasteiger partial charge in [-0.15, -0.1) is 11.8 Å². The van der Waals surface area contributed by atoms with Crippen molar-refractivity contribution < 1.29 is 28.7 Å². The van der Waals surface area contributed by atoms with Crippen molar-refractivity contribution in [3.8, 4) is 5.75 Å². The summed E-state index contributed by atoms with van der Waals surface area (Å²) in [5.41, 5.74) is 7.33. The summed E-state index contributed by atoms with van der Waals surface area (Å²) in [6, 6.07) is 19.5. The predicted octanol–water partition coefficient (Wildman–Crippen LogP) is 3.74. The lowest BCUT2D eigenvalue weighted by molar-refractivity contribution is -0.121. The zero-order valence-electron chi connectivity index (χ0n) is 18.8. The topological polar surface area (TPSA) is 116 Å². The van der Waals surface area contributed by atoms with Crippen LogP contribution in [-0.4, -0.2) is 42.5 Å². The Balaban J connectivity index is 1.36. The van der Waals surface area contributed by atoms with Crippen LogP contribution in [0.15, 0.2) is 77.7 Å². The van der Waals surface area contributed by atoms with Crippen LogP contribution in [0, 0.1) is 0 Å². The number of nitrogens with two attached hydrogens (primary N) is 1. The molecule has 178 valence electrons. The zero-order valence-corrected chi connectivity index (χ0v) is 19.6. The van der Waals surface area contributed by atoms with Crippen LogP contribution in [0.2, 0.25) is 0 Å². The number of thioether (sulfide) groups is 1. The molecule has 1 heterocycles. The number of imide groups is 1. The second-order valence-corrected chi connectivity index (χ2v) is 9.00.